The first-order valence-corrected chi connectivity index (χ1v) is 5.75. The van der Waals surface area contributed by atoms with Gasteiger partial charge in [0.05, 0.1) is 5.60 Å². The second-order valence-electron chi connectivity index (χ2n) is 3.16. The molecule has 0 bridgehead atoms. The zero-order valence-corrected chi connectivity index (χ0v) is 11.3. The molecule has 66 valence electrons. The van der Waals surface area contributed by atoms with Crippen LogP contribution in [-0.4, -0.2) is 5.11 Å². The largest absolute Gasteiger partial charge is 0.386 e. The summed E-state index contributed by atoms with van der Waals surface area (Å²) >= 11 is 4.49. The number of benzene rings is 1. The predicted octanol–water partition coefficient (Wildman–Crippen LogP) is 3.12. The molecule has 3 heteroatoms. The van der Waals surface area contributed by atoms with E-state index in [-0.39, 0.29) is 0 Å². The molecule has 0 radical (unpaired) electrons. The van der Waals surface area contributed by atoms with Gasteiger partial charge in [-0.25, -0.2) is 0 Å². The van der Waals surface area contributed by atoms with Gasteiger partial charge >= 0.3 is 0 Å². The minimum Gasteiger partial charge on any atom is -0.386 e. The summed E-state index contributed by atoms with van der Waals surface area (Å²) in [5.74, 6) is 0. The standard InChI is InChI=1S/C9H10I2O/c1-9(2,12)8-6(10)4-3-5-7(8)11/h3-5,12H,1-2H3. The van der Waals surface area contributed by atoms with Gasteiger partial charge in [0.2, 0.25) is 0 Å². The first kappa shape index (κ1) is 10.7. The SMILES string of the molecule is CC(C)(O)c1c(I)cccc1I. The smallest absolute Gasteiger partial charge is 0.0861 e. The Labute approximate surface area is 99.8 Å². The highest BCUT2D eigenvalue weighted by atomic mass is 127. The highest BCUT2D eigenvalue weighted by Gasteiger charge is 2.21. The molecule has 0 fully saturated rings. The van der Waals surface area contributed by atoms with Crippen LogP contribution in [0, 0.1) is 7.14 Å². The molecule has 0 aliphatic carbocycles. The Kier molecular flexibility index (Phi) is 3.39. The van der Waals surface area contributed by atoms with Crippen LogP contribution in [0.4, 0.5) is 0 Å². The molecule has 1 nitrogen and oxygen atoms in total. The third-order valence-corrected chi connectivity index (χ3v) is 3.37. The maximum atomic E-state index is 9.84. The van der Waals surface area contributed by atoms with E-state index >= 15 is 0 Å². The number of hydrogen-bond acceptors (Lipinski definition) is 1. The molecule has 1 aromatic carbocycles. The van der Waals surface area contributed by atoms with Gasteiger partial charge < -0.3 is 5.11 Å². The second-order valence-corrected chi connectivity index (χ2v) is 5.48. The van der Waals surface area contributed by atoms with Crippen molar-refractivity contribution >= 4 is 45.2 Å². The molecule has 1 N–H and O–H groups in total. The normalized spacial score (nSPS) is 11.8. The first-order chi connectivity index (χ1) is 5.43. The van der Waals surface area contributed by atoms with Crippen molar-refractivity contribution in [2.24, 2.45) is 0 Å². The van der Waals surface area contributed by atoms with E-state index in [1.165, 1.54) is 0 Å². The number of halogens is 2. The Bertz CT molecular complexity index is 269. The van der Waals surface area contributed by atoms with E-state index in [0.29, 0.717) is 0 Å². The zero-order chi connectivity index (χ0) is 9.35. The van der Waals surface area contributed by atoms with E-state index in [1.54, 1.807) is 0 Å². The maximum absolute atomic E-state index is 9.84. The lowest BCUT2D eigenvalue weighted by molar-refractivity contribution is 0.0768. The summed E-state index contributed by atoms with van der Waals surface area (Å²) in [6, 6.07) is 6.02. The van der Waals surface area contributed by atoms with Gasteiger partial charge in [-0.15, -0.1) is 0 Å². The zero-order valence-electron chi connectivity index (χ0n) is 6.94. The van der Waals surface area contributed by atoms with Gasteiger partial charge in [-0.1, -0.05) is 6.07 Å². The van der Waals surface area contributed by atoms with Crippen molar-refractivity contribution in [3.05, 3.63) is 30.9 Å². The molecule has 0 saturated heterocycles. The Hall–Kier alpha value is 0.640. The van der Waals surface area contributed by atoms with Crippen LogP contribution in [0.3, 0.4) is 0 Å². The van der Waals surface area contributed by atoms with Crippen molar-refractivity contribution in [1.29, 1.82) is 0 Å². The summed E-state index contributed by atoms with van der Waals surface area (Å²) in [6.45, 7) is 3.62. The Balaban J connectivity index is 3.31. The molecule has 0 aliphatic rings. The fraction of sp³-hybridized carbons (Fsp3) is 0.333. The van der Waals surface area contributed by atoms with E-state index < -0.39 is 5.60 Å². The Morgan fingerprint density at radius 1 is 1.17 bits per heavy atom. The molecule has 0 spiro atoms. The van der Waals surface area contributed by atoms with Gasteiger partial charge in [0.25, 0.3) is 0 Å². The molecule has 12 heavy (non-hydrogen) atoms. The minimum absolute atomic E-state index is 0.742. The van der Waals surface area contributed by atoms with E-state index in [1.807, 2.05) is 32.0 Å². The van der Waals surface area contributed by atoms with Crippen LogP contribution >= 0.6 is 45.2 Å². The number of aliphatic hydroxyl groups is 1. The predicted molar refractivity (Wildman–Crippen MR) is 67.1 cm³/mol. The van der Waals surface area contributed by atoms with Crippen molar-refractivity contribution in [2.45, 2.75) is 19.4 Å². The van der Waals surface area contributed by atoms with Gasteiger partial charge in [-0.2, -0.15) is 0 Å². The van der Waals surface area contributed by atoms with Gasteiger partial charge in [0, 0.05) is 12.7 Å². The third kappa shape index (κ3) is 2.32. The lowest BCUT2D eigenvalue weighted by Gasteiger charge is -2.20. The van der Waals surface area contributed by atoms with Crippen molar-refractivity contribution in [1.82, 2.24) is 0 Å². The summed E-state index contributed by atoms with van der Waals surface area (Å²) < 4.78 is 2.24. The van der Waals surface area contributed by atoms with Crippen molar-refractivity contribution < 1.29 is 5.11 Å². The second kappa shape index (κ2) is 3.79. The van der Waals surface area contributed by atoms with Crippen LogP contribution in [0.25, 0.3) is 0 Å². The number of hydrogen-bond donors (Lipinski definition) is 1. The first-order valence-electron chi connectivity index (χ1n) is 3.60. The highest BCUT2D eigenvalue weighted by Crippen LogP contribution is 2.29. The van der Waals surface area contributed by atoms with Gasteiger partial charge in [-0.05, 0) is 71.2 Å². The van der Waals surface area contributed by atoms with Crippen LogP contribution < -0.4 is 0 Å². The van der Waals surface area contributed by atoms with Gasteiger partial charge in [-0.3, -0.25) is 0 Å². The fourth-order valence-corrected chi connectivity index (χ4v) is 3.91. The summed E-state index contributed by atoms with van der Waals surface area (Å²) in [7, 11) is 0. The molecule has 0 amide bonds. The molecule has 0 atom stereocenters. The fourth-order valence-electron chi connectivity index (χ4n) is 1.08. The molecule has 1 rings (SSSR count). The molecule has 1 aromatic rings. The molecule has 0 unspecified atom stereocenters. The topological polar surface area (TPSA) is 20.2 Å². The van der Waals surface area contributed by atoms with Gasteiger partial charge in [0.15, 0.2) is 0 Å². The van der Waals surface area contributed by atoms with Gasteiger partial charge in [0.1, 0.15) is 0 Å². The van der Waals surface area contributed by atoms with Crippen molar-refractivity contribution in [3.63, 3.8) is 0 Å². The minimum atomic E-state index is -0.742. The van der Waals surface area contributed by atoms with Crippen LogP contribution in [0.1, 0.15) is 19.4 Å². The average molecular weight is 388 g/mol. The summed E-state index contributed by atoms with van der Waals surface area (Å²) in [5.41, 5.74) is 0.278. The summed E-state index contributed by atoms with van der Waals surface area (Å²) in [5, 5.41) is 9.84. The van der Waals surface area contributed by atoms with Crippen LogP contribution in [-0.2, 0) is 5.60 Å². The van der Waals surface area contributed by atoms with E-state index in [2.05, 4.69) is 45.2 Å². The maximum Gasteiger partial charge on any atom is 0.0861 e. The lowest BCUT2D eigenvalue weighted by Crippen LogP contribution is -2.18. The number of rotatable bonds is 1. The molecule has 0 aliphatic heterocycles. The van der Waals surface area contributed by atoms with E-state index in [4.69, 9.17) is 0 Å². The molecule has 0 heterocycles. The summed E-state index contributed by atoms with van der Waals surface area (Å²) in [4.78, 5) is 0. The lowest BCUT2D eigenvalue weighted by atomic mass is 9.99. The van der Waals surface area contributed by atoms with Crippen molar-refractivity contribution in [3.8, 4) is 0 Å². The van der Waals surface area contributed by atoms with Crippen LogP contribution in [0.2, 0.25) is 0 Å². The Morgan fingerprint density at radius 2 is 1.58 bits per heavy atom. The van der Waals surface area contributed by atoms with Crippen LogP contribution in [0.15, 0.2) is 18.2 Å². The quantitative estimate of drug-likeness (QED) is 0.734. The molecular weight excluding hydrogens is 378 g/mol. The van der Waals surface area contributed by atoms with Crippen LogP contribution in [0.5, 0.6) is 0 Å². The third-order valence-electron chi connectivity index (χ3n) is 1.57. The van der Waals surface area contributed by atoms with E-state index in [9.17, 15) is 5.11 Å². The molecular formula is C9H10I2O. The van der Waals surface area contributed by atoms with E-state index in [0.717, 1.165) is 12.7 Å². The van der Waals surface area contributed by atoms with Crippen molar-refractivity contribution in [2.75, 3.05) is 0 Å². The monoisotopic (exact) mass is 388 g/mol. The average Bonchev–Trinajstić information content (AvgIpc) is 1.82. The highest BCUT2D eigenvalue weighted by molar-refractivity contribution is 14.1. The molecule has 0 saturated carbocycles. The summed E-state index contributed by atoms with van der Waals surface area (Å²) in [6.07, 6.45) is 0. The molecule has 0 aromatic heterocycles. The Morgan fingerprint density at radius 3 is 1.83 bits per heavy atom.